The smallest absolute Gasteiger partial charge is 0.351 e. The molecule has 0 aliphatic carbocycles. The van der Waals surface area contributed by atoms with E-state index < -0.39 is 59.3 Å². The van der Waals surface area contributed by atoms with Crippen LogP contribution in [0.2, 0.25) is 0 Å². The van der Waals surface area contributed by atoms with E-state index in [0.717, 1.165) is 5.32 Å². The maximum Gasteiger partial charge on any atom is 0.393 e. The van der Waals surface area contributed by atoms with Crippen LogP contribution in [0, 0.1) is 0 Å². The molecule has 0 aliphatic heterocycles. The highest BCUT2D eigenvalue weighted by Crippen LogP contribution is 2.64. The molecule has 0 fully saturated rings. The van der Waals surface area contributed by atoms with Crippen molar-refractivity contribution >= 4 is 17.5 Å². The Kier molecular flexibility index (Phi) is 8.09. The van der Waals surface area contributed by atoms with E-state index in [4.69, 9.17) is 0 Å². The standard InChI is InChI=1S/C13H10ClF16NO/c1-2-3-4-31-5(32)6(15,16)7(17,18)8(19,20)9(21,22)10(23,24)11(25,26)12(27,28)13(14,29)30/h2-4H2,1H3,(H,31,32). The molecule has 0 aliphatic rings. The van der Waals surface area contributed by atoms with Crippen LogP contribution in [0.15, 0.2) is 0 Å². The van der Waals surface area contributed by atoms with Crippen LogP contribution in [0.4, 0.5) is 70.2 Å². The molecule has 0 unspecified atom stereocenters. The second-order valence-corrected chi connectivity index (χ2v) is 6.60. The summed E-state index contributed by atoms with van der Waals surface area (Å²) in [5.41, 5.74) is 0. The van der Waals surface area contributed by atoms with Crippen molar-refractivity contribution in [3.05, 3.63) is 0 Å². The van der Waals surface area contributed by atoms with Crippen molar-refractivity contribution in [2.24, 2.45) is 0 Å². The van der Waals surface area contributed by atoms with Gasteiger partial charge in [-0.3, -0.25) is 4.79 Å². The Morgan fingerprint density at radius 1 is 0.625 bits per heavy atom. The average Bonchev–Trinajstić information content (AvgIpc) is 2.59. The highest BCUT2D eigenvalue weighted by molar-refractivity contribution is 6.22. The van der Waals surface area contributed by atoms with Gasteiger partial charge in [0.05, 0.1) is 0 Å². The Hall–Kier alpha value is -1.36. The van der Waals surface area contributed by atoms with Crippen LogP contribution < -0.4 is 5.32 Å². The van der Waals surface area contributed by atoms with Gasteiger partial charge in [0.1, 0.15) is 0 Å². The van der Waals surface area contributed by atoms with E-state index in [0.29, 0.717) is 0 Å². The Balaban J connectivity index is 6.56. The average molecular weight is 536 g/mol. The third-order valence-electron chi connectivity index (χ3n) is 3.82. The van der Waals surface area contributed by atoms with E-state index in [9.17, 15) is 75.0 Å². The molecule has 2 nitrogen and oxygen atoms in total. The second-order valence-electron chi connectivity index (χ2n) is 6.13. The Bertz CT molecular complexity index is 686. The lowest BCUT2D eigenvalue weighted by Gasteiger charge is -2.42. The largest absolute Gasteiger partial charge is 0.393 e. The first-order chi connectivity index (χ1) is 13.7. The number of halogens is 17. The van der Waals surface area contributed by atoms with Gasteiger partial charge >= 0.3 is 46.8 Å². The minimum absolute atomic E-state index is 0.0667. The minimum atomic E-state index is -8.58. The molecule has 0 aromatic carbocycles. The molecule has 0 aromatic heterocycles. The van der Waals surface area contributed by atoms with Crippen LogP contribution >= 0.6 is 11.6 Å². The molecule has 32 heavy (non-hydrogen) atoms. The SMILES string of the molecule is CCCCNC(=O)C(F)(F)C(F)(F)C(F)(F)C(F)(F)C(F)(F)C(F)(F)C(F)(F)C(F)(F)Cl. The molecule has 0 heterocycles. The van der Waals surface area contributed by atoms with E-state index in [2.05, 4.69) is 11.6 Å². The zero-order valence-electron chi connectivity index (χ0n) is 15.0. The summed E-state index contributed by atoms with van der Waals surface area (Å²) < 4.78 is 211. The summed E-state index contributed by atoms with van der Waals surface area (Å²) in [7, 11) is 0. The van der Waals surface area contributed by atoms with Gasteiger partial charge in [-0.2, -0.15) is 70.2 Å². The number of hydrogen-bond donors (Lipinski definition) is 1. The van der Waals surface area contributed by atoms with Crippen molar-refractivity contribution in [3.8, 4) is 0 Å². The molecular formula is C13H10ClF16NO. The predicted octanol–water partition coefficient (Wildman–Crippen LogP) is 6.18. The van der Waals surface area contributed by atoms with Gasteiger partial charge in [-0.1, -0.05) is 13.3 Å². The van der Waals surface area contributed by atoms with E-state index in [-0.39, 0.29) is 12.8 Å². The quantitative estimate of drug-likeness (QED) is 0.191. The first-order valence-electron chi connectivity index (χ1n) is 7.73. The zero-order chi connectivity index (χ0) is 26.4. The lowest BCUT2D eigenvalue weighted by molar-refractivity contribution is -0.446. The van der Waals surface area contributed by atoms with Gasteiger partial charge in [-0.05, 0) is 18.0 Å². The van der Waals surface area contributed by atoms with Gasteiger partial charge in [0.2, 0.25) is 0 Å². The van der Waals surface area contributed by atoms with E-state index >= 15 is 0 Å². The second kappa shape index (κ2) is 8.45. The van der Waals surface area contributed by atoms with Crippen molar-refractivity contribution in [3.63, 3.8) is 0 Å². The fourth-order valence-electron chi connectivity index (χ4n) is 1.80. The molecule has 0 rings (SSSR count). The molecule has 0 aromatic rings. The van der Waals surface area contributed by atoms with Crippen LogP contribution in [-0.2, 0) is 4.79 Å². The number of amides is 1. The maximum atomic E-state index is 13.5. The molecule has 0 saturated carbocycles. The van der Waals surface area contributed by atoms with Crippen LogP contribution in [0.25, 0.3) is 0 Å². The van der Waals surface area contributed by atoms with Crippen LogP contribution in [0.5, 0.6) is 0 Å². The number of nitrogens with one attached hydrogen (secondary N) is 1. The predicted molar refractivity (Wildman–Crippen MR) is 73.3 cm³/mol. The number of alkyl halides is 17. The number of rotatable bonds is 11. The fourth-order valence-corrected chi connectivity index (χ4v) is 1.91. The maximum absolute atomic E-state index is 13.5. The van der Waals surface area contributed by atoms with Crippen LogP contribution in [0.1, 0.15) is 19.8 Å². The number of carbonyl (C=O) groups is 1. The van der Waals surface area contributed by atoms with Gasteiger partial charge in [-0.15, -0.1) is 0 Å². The summed E-state index contributed by atoms with van der Waals surface area (Å²) in [5, 5.41) is -5.99. The molecule has 19 heteroatoms. The molecule has 1 N–H and O–H groups in total. The molecular weight excluding hydrogens is 526 g/mol. The summed E-state index contributed by atoms with van der Waals surface area (Å²) in [6.45, 7) is 0.379. The van der Waals surface area contributed by atoms with Gasteiger partial charge in [-0.25, -0.2) is 0 Å². The van der Waals surface area contributed by atoms with Crippen molar-refractivity contribution in [2.45, 2.75) is 66.6 Å². The summed E-state index contributed by atoms with van der Waals surface area (Å²) >= 11 is 3.39. The highest BCUT2D eigenvalue weighted by atomic mass is 35.5. The normalized spacial score (nSPS) is 15.7. The number of unbranched alkanes of at least 4 members (excludes halogenated alkanes) is 1. The van der Waals surface area contributed by atoms with Gasteiger partial charge in [0, 0.05) is 6.54 Å². The van der Waals surface area contributed by atoms with Crippen molar-refractivity contribution in [2.75, 3.05) is 6.54 Å². The monoisotopic (exact) mass is 535 g/mol. The third kappa shape index (κ3) is 4.15. The van der Waals surface area contributed by atoms with Gasteiger partial charge < -0.3 is 5.32 Å². The molecule has 0 bridgehead atoms. The highest BCUT2D eigenvalue weighted by Gasteiger charge is 2.95. The summed E-state index contributed by atoms with van der Waals surface area (Å²) in [6.07, 6.45) is -0.205. The molecule has 1 amide bonds. The first kappa shape index (κ1) is 30.6. The lowest BCUT2D eigenvalue weighted by Crippen LogP contribution is -2.75. The first-order valence-corrected chi connectivity index (χ1v) is 8.11. The zero-order valence-corrected chi connectivity index (χ0v) is 15.7. The van der Waals surface area contributed by atoms with E-state index in [1.165, 1.54) is 6.92 Å². The van der Waals surface area contributed by atoms with Gasteiger partial charge in [0.15, 0.2) is 0 Å². The Morgan fingerprint density at radius 3 is 1.25 bits per heavy atom. The van der Waals surface area contributed by atoms with E-state index in [1.54, 1.807) is 0 Å². The topological polar surface area (TPSA) is 29.1 Å². The summed E-state index contributed by atoms with van der Waals surface area (Å²) in [6, 6.07) is 0. The molecule has 0 saturated heterocycles. The lowest BCUT2D eigenvalue weighted by atomic mass is 9.89. The number of carbonyl (C=O) groups excluding carboxylic acids is 1. The fraction of sp³-hybridized carbons (Fsp3) is 0.923. The van der Waals surface area contributed by atoms with Gasteiger partial charge in [0.25, 0.3) is 5.91 Å². The van der Waals surface area contributed by atoms with Crippen molar-refractivity contribution < 1.29 is 75.0 Å². The summed E-state index contributed by atoms with van der Waals surface area (Å²) in [5.74, 6) is -60.0. The third-order valence-corrected chi connectivity index (χ3v) is 4.06. The molecule has 192 valence electrons. The Morgan fingerprint density at radius 2 is 0.938 bits per heavy atom. The molecule has 0 spiro atoms. The van der Waals surface area contributed by atoms with Crippen molar-refractivity contribution in [1.29, 1.82) is 0 Å². The molecule has 0 atom stereocenters. The van der Waals surface area contributed by atoms with E-state index in [1.807, 2.05) is 0 Å². The van der Waals surface area contributed by atoms with Crippen LogP contribution in [0.3, 0.4) is 0 Å². The Labute approximate surface area is 172 Å². The minimum Gasteiger partial charge on any atom is -0.351 e. The van der Waals surface area contributed by atoms with Crippen LogP contribution in [-0.4, -0.2) is 59.3 Å². The number of hydrogen-bond acceptors (Lipinski definition) is 1. The summed E-state index contributed by atoms with van der Waals surface area (Å²) in [4.78, 5) is 11.0. The molecule has 0 radical (unpaired) electrons. The van der Waals surface area contributed by atoms with Crippen molar-refractivity contribution in [1.82, 2.24) is 5.32 Å².